The number of aliphatic imine (C=N–C) groups is 1. The molecule has 1 heterocycles. The van der Waals surface area contributed by atoms with Gasteiger partial charge in [-0.15, -0.1) is 0 Å². The van der Waals surface area contributed by atoms with Crippen molar-refractivity contribution in [2.75, 3.05) is 26.2 Å². The summed E-state index contributed by atoms with van der Waals surface area (Å²) in [6.45, 7) is 8.69. The summed E-state index contributed by atoms with van der Waals surface area (Å²) in [4.78, 5) is 19.0. The molecule has 1 amide bonds. The molecule has 1 saturated heterocycles. The van der Waals surface area contributed by atoms with Crippen LogP contribution in [-0.4, -0.2) is 49.0 Å². The number of rotatable bonds is 8. The highest BCUT2D eigenvalue weighted by Crippen LogP contribution is 2.17. The number of nitrogens with one attached hydrogen (secondary N) is 2. The maximum absolute atomic E-state index is 13.8. The molecule has 0 radical (unpaired) electrons. The van der Waals surface area contributed by atoms with Crippen molar-refractivity contribution < 1.29 is 13.6 Å². The molecule has 7 heteroatoms. The molecule has 1 aliphatic heterocycles. The second kappa shape index (κ2) is 11.7. The zero-order valence-electron chi connectivity index (χ0n) is 17.8. The van der Waals surface area contributed by atoms with Gasteiger partial charge < -0.3 is 15.5 Å². The Kier molecular flexibility index (Phi) is 9.35. The molecule has 0 spiro atoms. The average molecular weight is 409 g/mol. The van der Waals surface area contributed by atoms with E-state index in [1.54, 1.807) is 6.07 Å². The fourth-order valence-electron chi connectivity index (χ4n) is 3.68. The molecule has 1 fully saturated rings. The second-order valence-electron chi connectivity index (χ2n) is 7.48. The molecule has 0 bridgehead atoms. The van der Waals surface area contributed by atoms with Crippen LogP contribution < -0.4 is 10.6 Å². The number of piperidine rings is 1. The molecule has 0 atom stereocenters. The summed E-state index contributed by atoms with van der Waals surface area (Å²) in [5.74, 6) is -0.553. The molecule has 1 aliphatic rings. The minimum atomic E-state index is -0.828. The van der Waals surface area contributed by atoms with Gasteiger partial charge in [-0.05, 0) is 50.7 Å². The van der Waals surface area contributed by atoms with Crippen LogP contribution >= 0.6 is 0 Å². The number of likely N-dealkylation sites (tertiary alicyclic amines) is 1. The van der Waals surface area contributed by atoms with E-state index in [4.69, 9.17) is 0 Å². The molecule has 0 saturated carbocycles. The standard InChI is InChI=1S/C22H34F2N4O/c1-4-16(5-2)21(29)28-14-11-18(12-15-28)27-22(25-6-3)26-13-10-17-8-7-9-19(23)20(17)24/h7-9,16,18H,4-6,10-15H2,1-3H3,(H2,25,26,27). The van der Waals surface area contributed by atoms with Crippen molar-refractivity contribution in [3.63, 3.8) is 0 Å². The van der Waals surface area contributed by atoms with Gasteiger partial charge in [0.25, 0.3) is 0 Å². The molecule has 162 valence electrons. The molecule has 2 N–H and O–H groups in total. The maximum Gasteiger partial charge on any atom is 0.225 e. The Morgan fingerprint density at radius 1 is 1.21 bits per heavy atom. The highest BCUT2D eigenvalue weighted by Gasteiger charge is 2.26. The second-order valence-corrected chi connectivity index (χ2v) is 7.48. The van der Waals surface area contributed by atoms with Crippen LogP contribution in [0.1, 0.15) is 52.0 Å². The Labute approximate surface area is 173 Å². The minimum Gasteiger partial charge on any atom is -0.357 e. The third kappa shape index (κ3) is 6.68. The van der Waals surface area contributed by atoms with Crippen molar-refractivity contribution in [1.82, 2.24) is 15.5 Å². The van der Waals surface area contributed by atoms with Gasteiger partial charge in [0, 0.05) is 38.1 Å². The van der Waals surface area contributed by atoms with Gasteiger partial charge in [0.1, 0.15) is 0 Å². The zero-order valence-corrected chi connectivity index (χ0v) is 17.8. The summed E-state index contributed by atoms with van der Waals surface area (Å²) in [5.41, 5.74) is 0.331. The summed E-state index contributed by atoms with van der Waals surface area (Å²) >= 11 is 0. The predicted molar refractivity (Wildman–Crippen MR) is 113 cm³/mol. The normalized spacial score (nSPS) is 15.7. The monoisotopic (exact) mass is 408 g/mol. The van der Waals surface area contributed by atoms with Gasteiger partial charge in [-0.25, -0.2) is 8.78 Å². The van der Waals surface area contributed by atoms with Crippen LogP contribution in [0.3, 0.4) is 0 Å². The van der Waals surface area contributed by atoms with E-state index in [1.165, 1.54) is 6.07 Å². The molecule has 1 aromatic rings. The molecular weight excluding hydrogens is 374 g/mol. The number of guanidine groups is 1. The molecule has 2 rings (SSSR count). The van der Waals surface area contributed by atoms with Gasteiger partial charge in [0.05, 0.1) is 0 Å². The Bertz CT molecular complexity index is 683. The fourth-order valence-corrected chi connectivity index (χ4v) is 3.68. The van der Waals surface area contributed by atoms with Crippen molar-refractivity contribution in [3.05, 3.63) is 35.4 Å². The maximum atomic E-state index is 13.8. The van der Waals surface area contributed by atoms with Crippen LogP contribution in [0.2, 0.25) is 0 Å². The van der Waals surface area contributed by atoms with E-state index in [2.05, 4.69) is 29.5 Å². The van der Waals surface area contributed by atoms with Crippen LogP contribution in [0.25, 0.3) is 0 Å². The number of carbonyl (C=O) groups excluding carboxylic acids is 1. The number of amides is 1. The lowest BCUT2D eigenvalue weighted by Gasteiger charge is -2.34. The van der Waals surface area contributed by atoms with E-state index < -0.39 is 11.6 Å². The summed E-state index contributed by atoms with van der Waals surface area (Å²) in [7, 11) is 0. The Balaban J connectivity index is 1.86. The van der Waals surface area contributed by atoms with Gasteiger partial charge in [-0.3, -0.25) is 9.79 Å². The van der Waals surface area contributed by atoms with Crippen molar-refractivity contribution in [1.29, 1.82) is 0 Å². The summed E-state index contributed by atoms with van der Waals surface area (Å²) in [5, 5.41) is 6.62. The van der Waals surface area contributed by atoms with E-state index in [1.807, 2.05) is 11.8 Å². The number of carbonyl (C=O) groups is 1. The topological polar surface area (TPSA) is 56.7 Å². The largest absolute Gasteiger partial charge is 0.357 e. The van der Waals surface area contributed by atoms with Gasteiger partial charge in [-0.1, -0.05) is 26.0 Å². The van der Waals surface area contributed by atoms with E-state index in [0.717, 1.165) is 44.8 Å². The molecule has 29 heavy (non-hydrogen) atoms. The van der Waals surface area contributed by atoms with Gasteiger partial charge >= 0.3 is 0 Å². The minimum absolute atomic E-state index is 0.126. The zero-order chi connectivity index (χ0) is 21.2. The van der Waals surface area contributed by atoms with E-state index in [9.17, 15) is 13.6 Å². The van der Waals surface area contributed by atoms with Crippen LogP contribution in [0.5, 0.6) is 0 Å². The number of benzene rings is 1. The van der Waals surface area contributed by atoms with Gasteiger partial charge in [0.15, 0.2) is 17.6 Å². The first-order valence-electron chi connectivity index (χ1n) is 10.8. The average Bonchev–Trinajstić information content (AvgIpc) is 2.72. The summed E-state index contributed by atoms with van der Waals surface area (Å²) in [6, 6.07) is 4.46. The highest BCUT2D eigenvalue weighted by molar-refractivity contribution is 5.80. The molecule has 1 aromatic carbocycles. The molecule has 5 nitrogen and oxygen atoms in total. The Morgan fingerprint density at radius 3 is 2.52 bits per heavy atom. The quantitative estimate of drug-likeness (QED) is 0.511. The van der Waals surface area contributed by atoms with Crippen LogP contribution in [0.15, 0.2) is 23.2 Å². The van der Waals surface area contributed by atoms with Crippen molar-refractivity contribution in [3.8, 4) is 0 Å². The van der Waals surface area contributed by atoms with Crippen molar-refractivity contribution >= 4 is 11.9 Å². The lowest BCUT2D eigenvalue weighted by molar-refractivity contribution is -0.136. The fraction of sp³-hybridized carbons (Fsp3) is 0.636. The molecular formula is C22H34F2N4O. The Hall–Kier alpha value is -2.18. The van der Waals surface area contributed by atoms with Crippen LogP contribution in [-0.2, 0) is 11.2 Å². The number of hydrogen-bond acceptors (Lipinski definition) is 2. The van der Waals surface area contributed by atoms with Crippen LogP contribution in [0, 0.1) is 17.6 Å². The van der Waals surface area contributed by atoms with Gasteiger partial charge in [-0.2, -0.15) is 0 Å². The third-order valence-electron chi connectivity index (χ3n) is 5.51. The molecule has 0 aromatic heterocycles. The number of nitrogens with zero attached hydrogens (tertiary/aromatic N) is 2. The van der Waals surface area contributed by atoms with Crippen molar-refractivity contribution in [2.45, 2.75) is 58.9 Å². The predicted octanol–water partition coefficient (Wildman–Crippen LogP) is 3.49. The SMILES string of the molecule is CCNC(=NCCc1cccc(F)c1F)NC1CCN(C(=O)C(CC)CC)CC1. The number of hydrogen-bond donors (Lipinski definition) is 2. The first kappa shape index (κ1) is 23.1. The summed E-state index contributed by atoms with van der Waals surface area (Å²) in [6.07, 6.45) is 3.85. The van der Waals surface area contributed by atoms with Crippen molar-refractivity contribution in [2.24, 2.45) is 10.9 Å². The Morgan fingerprint density at radius 2 is 1.90 bits per heavy atom. The first-order chi connectivity index (χ1) is 14.0. The van der Waals surface area contributed by atoms with E-state index >= 15 is 0 Å². The first-order valence-corrected chi connectivity index (χ1v) is 10.8. The smallest absolute Gasteiger partial charge is 0.225 e. The lowest BCUT2D eigenvalue weighted by Crippen LogP contribution is -2.50. The molecule has 0 aliphatic carbocycles. The van der Waals surface area contributed by atoms with E-state index in [-0.39, 0.29) is 17.9 Å². The lowest BCUT2D eigenvalue weighted by atomic mass is 9.98. The summed E-state index contributed by atoms with van der Waals surface area (Å²) < 4.78 is 27.1. The number of halogens is 2. The highest BCUT2D eigenvalue weighted by atomic mass is 19.2. The van der Waals surface area contributed by atoms with Crippen LogP contribution in [0.4, 0.5) is 8.78 Å². The van der Waals surface area contributed by atoms with E-state index in [0.29, 0.717) is 31.0 Å². The third-order valence-corrected chi connectivity index (χ3v) is 5.51. The van der Waals surface area contributed by atoms with Gasteiger partial charge in [0.2, 0.25) is 5.91 Å². The molecule has 0 unspecified atom stereocenters.